The van der Waals surface area contributed by atoms with Gasteiger partial charge >= 0.3 is 5.97 Å². The summed E-state index contributed by atoms with van der Waals surface area (Å²) in [5, 5.41) is 31.4. The number of hydrogen-bond acceptors (Lipinski definition) is 4. The largest absolute Gasteiger partial charge is 0.508 e. The molecule has 1 heterocycles. The first-order chi connectivity index (χ1) is 16.2. The molecular formula is C26H23Cl2NO5. The molecule has 0 saturated heterocycles. The normalized spacial score (nSPS) is 19.4. The molecule has 3 aromatic carbocycles. The molecule has 4 atom stereocenters. The maximum absolute atomic E-state index is 13.8. The Kier molecular flexibility index (Phi) is 6.84. The minimum Gasteiger partial charge on any atom is -0.508 e. The molecule has 0 radical (unpaired) electrons. The van der Waals surface area contributed by atoms with E-state index >= 15 is 0 Å². The topological polar surface area (TPSA) is 98.1 Å². The predicted octanol–water partition coefficient (Wildman–Crippen LogP) is 5.06. The fourth-order valence-electron chi connectivity index (χ4n) is 4.63. The SMILES string of the molecule is C[C@@H](O)[C@H](Cc1ccc(O)cc1)N1C(=O)c2ccccc2C(C(=O)O)C1c1ccc(Cl)cc1Cl. The Morgan fingerprint density at radius 2 is 1.71 bits per heavy atom. The lowest BCUT2D eigenvalue weighted by Crippen LogP contribution is -2.54. The van der Waals surface area contributed by atoms with Gasteiger partial charge in [0.25, 0.3) is 5.91 Å². The molecule has 2 unspecified atom stereocenters. The number of amides is 1. The minimum absolute atomic E-state index is 0.0945. The summed E-state index contributed by atoms with van der Waals surface area (Å²) >= 11 is 12.6. The van der Waals surface area contributed by atoms with Gasteiger partial charge in [-0.15, -0.1) is 0 Å². The molecule has 6 nitrogen and oxygen atoms in total. The molecule has 0 spiro atoms. The number of fused-ring (bicyclic) bond motifs is 1. The predicted molar refractivity (Wildman–Crippen MR) is 129 cm³/mol. The lowest BCUT2D eigenvalue weighted by molar-refractivity contribution is -0.141. The number of phenols is 1. The molecule has 1 aliphatic rings. The molecule has 1 aliphatic heterocycles. The van der Waals surface area contributed by atoms with Crippen LogP contribution < -0.4 is 0 Å². The van der Waals surface area contributed by atoms with Gasteiger partial charge in [0.05, 0.1) is 18.2 Å². The smallest absolute Gasteiger partial charge is 0.313 e. The second-order valence-corrected chi connectivity index (χ2v) is 9.25. The minimum atomic E-state index is -1.12. The van der Waals surface area contributed by atoms with Crippen LogP contribution in [0.2, 0.25) is 10.0 Å². The second kappa shape index (κ2) is 9.66. The summed E-state index contributed by atoms with van der Waals surface area (Å²) in [6.45, 7) is 1.56. The highest BCUT2D eigenvalue weighted by molar-refractivity contribution is 6.35. The molecule has 3 N–H and O–H groups in total. The fourth-order valence-corrected chi connectivity index (χ4v) is 5.15. The van der Waals surface area contributed by atoms with Crippen LogP contribution in [-0.2, 0) is 11.2 Å². The van der Waals surface area contributed by atoms with E-state index in [1.165, 1.54) is 23.1 Å². The van der Waals surface area contributed by atoms with Crippen LogP contribution in [0.15, 0.2) is 66.7 Å². The quantitative estimate of drug-likeness (QED) is 0.440. The lowest BCUT2D eigenvalue weighted by atomic mass is 9.78. The van der Waals surface area contributed by atoms with Crippen molar-refractivity contribution in [2.24, 2.45) is 0 Å². The van der Waals surface area contributed by atoms with Crippen molar-refractivity contribution in [1.82, 2.24) is 4.90 Å². The number of aliphatic carboxylic acids is 1. The van der Waals surface area contributed by atoms with Gasteiger partial charge in [-0.25, -0.2) is 0 Å². The first kappa shape index (κ1) is 24.1. The van der Waals surface area contributed by atoms with E-state index in [9.17, 15) is 24.9 Å². The van der Waals surface area contributed by atoms with E-state index in [4.69, 9.17) is 23.2 Å². The number of carboxylic acids is 1. The number of aromatic hydroxyl groups is 1. The number of aliphatic hydroxyl groups is 1. The van der Waals surface area contributed by atoms with Gasteiger partial charge in [-0.2, -0.15) is 0 Å². The highest BCUT2D eigenvalue weighted by atomic mass is 35.5. The number of carbonyl (C=O) groups is 2. The molecule has 0 saturated carbocycles. The van der Waals surface area contributed by atoms with Crippen LogP contribution >= 0.6 is 23.2 Å². The van der Waals surface area contributed by atoms with E-state index in [1.807, 2.05) is 0 Å². The standard InChI is InChI=1S/C26H23Cl2NO5/c1-14(30)22(12-15-6-9-17(31)10-7-15)29-24(20-11-8-16(27)13-21(20)28)23(26(33)34)18-4-2-3-5-19(18)25(29)32/h2-11,13-14,22-24,30-31H,12H2,1H3,(H,33,34)/t14-,22+,23?,24?/m1/s1. The zero-order valence-corrected chi connectivity index (χ0v) is 19.7. The van der Waals surface area contributed by atoms with Crippen molar-refractivity contribution in [2.45, 2.75) is 37.5 Å². The van der Waals surface area contributed by atoms with E-state index in [1.54, 1.807) is 55.5 Å². The summed E-state index contributed by atoms with van der Waals surface area (Å²) in [4.78, 5) is 27.9. The van der Waals surface area contributed by atoms with Crippen molar-refractivity contribution < 1.29 is 24.9 Å². The zero-order valence-electron chi connectivity index (χ0n) is 18.2. The highest BCUT2D eigenvalue weighted by Crippen LogP contribution is 2.46. The number of phenolic OH excluding ortho intramolecular Hbond substituents is 1. The number of hydrogen-bond donors (Lipinski definition) is 3. The molecule has 4 rings (SSSR count). The number of carboxylic acid groups (broad SMARTS) is 1. The van der Waals surface area contributed by atoms with Crippen molar-refractivity contribution in [2.75, 3.05) is 0 Å². The Morgan fingerprint density at radius 1 is 1.03 bits per heavy atom. The molecule has 0 aliphatic carbocycles. The first-order valence-corrected chi connectivity index (χ1v) is 11.5. The number of aliphatic hydroxyl groups excluding tert-OH is 1. The Hall–Kier alpha value is -3.06. The second-order valence-electron chi connectivity index (χ2n) is 8.40. The van der Waals surface area contributed by atoms with Crippen molar-refractivity contribution in [1.29, 1.82) is 0 Å². The van der Waals surface area contributed by atoms with Crippen LogP contribution in [0.5, 0.6) is 5.75 Å². The van der Waals surface area contributed by atoms with Crippen LogP contribution in [0.1, 0.15) is 45.9 Å². The van der Waals surface area contributed by atoms with Gasteiger partial charge in [-0.1, -0.05) is 59.6 Å². The summed E-state index contributed by atoms with van der Waals surface area (Å²) in [5.74, 6) is -2.53. The summed E-state index contributed by atoms with van der Waals surface area (Å²) < 4.78 is 0. The van der Waals surface area contributed by atoms with Gasteiger partial charge < -0.3 is 20.2 Å². The third-order valence-corrected chi connectivity index (χ3v) is 6.78. The molecule has 3 aromatic rings. The Bertz CT molecular complexity index is 1230. The third kappa shape index (κ3) is 4.49. The van der Waals surface area contributed by atoms with Crippen LogP contribution in [0, 0.1) is 0 Å². The summed E-state index contributed by atoms with van der Waals surface area (Å²) in [6, 6.07) is 16.0. The van der Waals surface area contributed by atoms with Crippen LogP contribution in [0.25, 0.3) is 0 Å². The number of benzene rings is 3. The summed E-state index contributed by atoms with van der Waals surface area (Å²) in [5.41, 5.74) is 1.86. The number of carbonyl (C=O) groups excluding carboxylic acids is 1. The highest BCUT2D eigenvalue weighted by Gasteiger charge is 2.48. The Morgan fingerprint density at radius 3 is 2.32 bits per heavy atom. The molecule has 0 fully saturated rings. The van der Waals surface area contributed by atoms with Crippen molar-refractivity contribution in [3.8, 4) is 5.75 Å². The maximum Gasteiger partial charge on any atom is 0.313 e. The Labute approximate surface area is 207 Å². The molecular weight excluding hydrogens is 477 g/mol. The van der Waals surface area contributed by atoms with Gasteiger partial charge in [0.1, 0.15) is 11.7 Å². The van der Waals surface area contributed by atoms with E-state index in [-0.39, 0.29) is 22.8 Å². The summed E-state index contributed by atoms with van der Waals surface area (Å²) in [7, 11) is 0. The molecule has 176 valence electrons. The monoisotopic (exact) mass is 499 g/mol. The lowest BCUT2D eigenvalue weighted by Gasteiger charge is -2.46. The third-order valence-electron chi connectivity index (χ3n) is 6.22. The summed E-state index contributed by atoms with van der Waals surface area (Å²) in [6.07, 6.45) is -0.758. The fraction of sp³-hybridized carbons (Fsp3) is 0.231. The van der Waals surface area contributed by atoms with Gasteiger partial charge in [0.15, 0.2) is 0 Å². The molecule has 0 bridgehead atoms. The average Bonchev–Trinajstić information content (AvgIpc) is 2.79. The van der Waals surface area contributed by atoms with Gasteiger partial charge in [-0.3, -0.25) is 9.59 Å². The zero-order chi connectivity index (χ0) is 24.6. The van der Waals surface area contributed by atoms with E-state index in [2.05, 4.69) is 0 Å². The van der Waals surface area contributed by atoms with Crippen LogP contribution in [0.4, 0.5) is 0 Å². The molecule has 0 aromatic heterocycles. The Balaban J connectivity index is 1.92. The molecule has 8 heteroatoms. The number of nitrogens with zero attached hydrogens (tertiary/aromatic N) is 1. The van der Waals surface area contributed by atoms with Gasteiger partial charge in [0.2, 0.25) is 0 Å². The molecule has 1 amide bonds. The van der Waals surface area contributed by atoms with Gasteiger partial charge in [0, 0.05) is 15.6 Å². The maximum atomic E-state index is 13.8. The van der Waals surface area contributed by atoms with E-state index in [0.717, 1.165) is 5.56 Å². The number of rotatable bonds is 6. The van der Waals surface area contributed by atoms with Crippen molar-refractivity contribution >= 4 is 35.1 Å². The van der Waals surface area contributed by atoms with Crippen molar-refractivity contribution in [3.63, 3.8) is 0 Å². The van der Waals surface area contributed by atoms with Gasteiger partial charge in [-0.05, 0) is 60.4 Å². The number of halogens is 2. The van der Waals surface area contributed by atoms with E-state index in [0.29, 0.717) is 16.1 Å². The van der Waals surface area contributed by atoms with E-state index < -0.39 is 36.0 Å². The van der Waals surface area contributed by atoms with Crippen molar-refractivity contribution in [3.05, 3.63) is 99.0 Å². The van der Waals surface area contributed by atoms with Crippen LogP contribution in [-0.4, -0.2) is 44.2 Å². The van der Waals surface area contributed by atoms with Crippen LogP contribution in [0.3, 0.4) is 0 Å². The molecule has 34 heavy (non-hydrogen) atoms. The first-order valence-electron chi connectivity index (χ1n) is 10.7. The average molecular weight is 500 g/mol.